The van der Waals surface area contributed by atoms with Crippen LogP contribution in [-0.2, 0) is 25.2 Å². The van der Waals surface area contributed by atoms with Crippen LogP contribution in [0.4, 0.5) is 13.2 Å². The molecule has 39 heavy (non-hydrogen) atoms. The lowest BCUT2D eigenvalue weighted by molar-refractivity contribution is -0.136. The van der Waals surface area contributed by atoms with Crippen molar-refractivity contribution in [3.05, 3.63) is 82.1 Å². The van der Waals surface area contributed by atoms with Gasteiger partial charge in [-0.25, -0.2) is 4.79 Å². The van der Waals surface area contributed by atoms with Crippen LogP contribution in [-0.4, -0.2) is 41.7 Å². The second-order valence-corrected chi connectivity index (χ2v) is 11.7. The van der Waals surface area contributed by atoms with E-state index >= 15 is 0 Å². The van der Waals surface area contributed by atoms with Gasteiger partial charge in [-0.15, -0.1) is 10.2 Å². The van der Waals surface area contributed by atoms with Crippen molar-refractivity contribution in [2.24, 2.45) is 18.9 Å². The number of benzene rings is 1. The van der Waals surface area contributed by atoms with Crippen molar-refractivity contribution in [3.8, 4) is 5.69 Å². The predicted octanol–water partition coefficient (Wildman–Crippen LogP) is 5.19. The SMILES string of the molecule is CC1CC(c2cccc(-n3cc4c(C(F)(F)F)cc(CN5CCC[C@H](C)C5)cn4c3=O)c2)(c2nncn2C)C1. The van der Waals surface area contributed by atoms with E-state index < -0.39 is 17.4 Å². The maximum absolute atomic E-state index is 14.2. The highest BCUT2D eigenvalue weighted by atomic mass is 19.4. The lowest BCUT2D eigenvalue weighted by atomic mass is 9.58. The first-order valence-corrected chi connectivity index (χ1v) is 13.6. The minimum absolute atomic E-state index is 0.144. The monoisotopic (exact) mass is 538 g/mol. The molecule has 0 N–H and O–H groups in total. The molecule has 3 aromatic heterocycles. The molecule has 10 heteroatoms. The number of hydrogen-bond acceptors (Lipinski definition) is 4. The number of aromatic nitrogens is 5. The zero-order valence-corrected chi connectivity index (χ0v) is 22.4. The second kappa shape index (κ2) is 9.36. The smallest absolute Gasteiger partial charge is 0.320 e. The van der Waals surface area contributed by atoms with Gasteiger partial charge in [0.1, 0.15) is 12.2 Å². The molecular formula is C29H33F3N6O. The Bertz CT molecular complexity index is 1580. The molecule has 1 aromatic carbocycles. The molecule has 1 aliphatic heterocycles. The van der Waals surface area contributed by atoms with Gasteiger partial charge in [-0.3, -0.25) is 13.9 Å². The molecule has 0 amide bonds. The molecule has 0 unspecified atom stereocenters. The van der Waals surface area contributed by atoms with Gasteiger partial charge >= 0.3 is 11.9 Å². The van der Waals surface area contributed by atoms with E-state index in [0.717, 1.165) is 54.6 Å². The molecule has 1 saturated carbocycles. The number of fused-ring (bicyclic) bond motifs is 1. The Morgan fingerprint density at radius 1 is 1.10 bits per heavy atom. The van der Waals surface area contributed by atoms with Crippen molar-refractivity contribution in [1.82, 2.24) is 28.6 Å². The summed E-state index contributed by atoms with van der Waals surface area (Å²) in [6.45, 7) is 6.42. The molecule has 2 fully saturated rings. The van der Waals surface area contributed by atoms with Crippen molar-refractivity contribution in [2.75, 3.05) is 13.1 Å². The third-order valence-corrected chi connectivity index (χ3v) is 8.49. The van der Waals surface area contributed by atoms with Gasteiger partial charge in [0.2, 0.25) is 0 Å². The summed E-state index contributed by atoms with van der Waals surface area (Å²) in [7, 11) is 1.91. The Morgan fingerprint density at radius 3 is 2.56 bits per heavy atom. The molecule has 0 radical (unpaired) electrons. The quantitative estimate of drug-likeness (QED) is 0.351. The highest BCUT2D eigenvalue weighted by molar-refractivity contribution is 5.58. The summed E-state index contributed by atoms with van der Waals surface area (Å²) in [6.07, 6.45) is 3.89. The van der Waals surface area contributed by atoms with Crippen LogP contribution in [0.2, 0.25) is 0 Å². The standard InChI is InChI=1S/C29H33F3N6O/c1-19-6-5-9-36(14-19)15-21-10-24(29(30,31)32)25-17-37(27(39)38(25)16-21)23-8-4-7-22(11-23)28(12-20(2)13-28)26-34-33-18-35(26)3/h4,7-8,10-11,16-20H,5-6,9,12-15H2,1-3H3/t19-,20?,28?/m0/s1. The van der Waals surface area contributed by atoms with Crippen molar-refractivity contribution in [2.45, 2.75) is 57.7 Å². The first kappa shape index (κ1) is 25.9. The maximum Gasteiger partial charge on any atom is 0.418 e. The summed E-state index contributed by atoms with van der Waals surface area (Å²) in [4.78, 5) is 15.8. The van der Waals surface area contributed by atoms with Gasteiger partial charge in [-0.05, 0) is 73.4 Å². The van der Waals surface area contributed by atoms with Crippen LogP contribution >= 0.6 is 0 Å². The summed E-state index contributed by atoms with van der Waals surface area (Å²) in [6, 6.07) is 8.73. The van der Waals surface area contributed by atoms with E-state index in [9.17, 15) is 18.0 Å². The summed E-state index contributed by atoms with van der Waals surface area (Å²) >= 11 is 0. The molecule has 4 heterocycles. The maximum atomic E-state index is 14.2. The molecule has 0 bridgehead atoms. The Hall–Kier alpha value is -3.40. The van der Waals surface area contributed by atoms with Crippen LogP contribution in [0, 0.1) is 11.8 Å². The highest BCUT2D eigenvalue weighted by Crippen LogP contribution is 2.51. The number of pyridine rings is 1. The largest absolute Gasteiger partial charge is 0.418 e. The van der Waals surface area contributed by atoms with Crippen LogP contribution < -0.4 is 5.69 Å². The van der Waals surface area contributed by atoms with E-state index in [1.54, 1.807) is 18.6 Å². The van der Waals surface area contributed by atoms with Gasteiger partial charge < -0.3 is 4.57 Å². The number of aryl methyl sites for hydroxylation is 1. The number of imidazole rings is 1. The fraction of sp³-hybridized carbons (Fsp3) is 0.483. The number of halogens is 3. The fourth-order valence-corrected chi connectivity index (χ4v) is 6.78. The van der Waals surface area contributed by atoms with Crippen molar-refractivity contribution < 1.29 is 13.2 Å². The minimum atomic E-state index is -4.59. The number of likely N-dealkylation sites (tertiary alicyclic amines) is 1. The topological polar surface area (TPSA) is 60.4 Å². The van der Waals surface area contributed by atoms with Gasteiger partial charge in [-0.1, -0.05) is 26.0 Å². The van der Waals surface area contributed by atoms with Gasteiger partial charge in [0.25, 0.3) is 0 Å². The first-order chi connectivity index (χ1) is 18.5. The zero-order valence-electron chi connectivity index (χ0n) is 22.4. The Kier molecular flexibility index (Phi) is 6.21. The van der Waals surface area contributed by atoms with Gasteiger partial charge in [-0.2, -0.15) is 13.2 Å². The summed E-state index contributed by atoms with van der Waals surface area (Å²) < 4.78 is 47.1. The molecule has 4 aromatic rings. The second-order valence-electron chi connectivity index (χ2n) is 11.7. The van der Waals surface area contributed by atoms with Crippen LogP contribution in [0.15, 0.2) is 53.8 Å². The Morgan fingerprint density at radius 2 is 1.90 bits per heavy atom. The number of hydrogen-bond donors (Lipinski definition) is 0. The van der Waals surface area contributed by atoms with Crippen LogP contribution in [0.25, 0.3) is 11.2 Å². The van der Waals surface area contributed by atoms with Gasteiger partial charge in [0.05, 0.1) is 22.2 Å². The molecule has 6 rings (SSSR count). The molecule has 7 nitrogen and oxygen atoms in total. The first-order valence-electron chi connectivity index (χ1n) is 13.6. The number of piperidine rings is 1. The normalized spacial score (nSPS) is 24.3. The van der Waals surface area contributed by atoms with Gasteiger partial charge in [0, 0.05) is 32.5 Å². The van der Waals surface area contributed by atoms with Crippen LogP contribution in [0.1, 0.15) is 62.0 Å². The fourth-order valence-electron chi connectivity index (χ4n) is 6.78. The van der Waals surface area contributed by atoms with Crippen LogP contribution in [0.3, 0.4) is 0 Å². The predicted molar refractivity (Wildman–Crippen MR) is 142 cm³/mol. The lowest BCUT2D eigenvalue weighted by Gasteiger charge is -2.46. The third-order valence-electron chi connectivity index (χ3n) is 8.49. The Labute approximate surface area is 224 Å². The Balaban J connectivity index is 1.44. The van der Waals surface area contributed by atoms with E-state index in [1.807, 2.05) is 29.8 Å². The minimum Gasteiger partial charge on any atom is -0.320 e. The molecule has 1 atom stereocenters. The molecule has 1 aliphatic carbocycles. The van der Waals surface area contributed by atoms with E-state index in [-0.39, 0.29) is 10.9 Å². The van der Waals surface area contributed by atoms with E-state index in [0.29, 0.717) is 29.6 Å². The number of rotatable bonds is 5. The molecule has 0 spiro atoms. The van der Waals surface area contributed by atoms with E-state index in [1.165, 1.54) is 16.8 Å². The third kappa shape index (κ3) is 4.48. The van der Waals surface area contributed by atoms with Gasteiger partial charge in [0.15, 0.2) is 0 Å². The summed E-state index contributed by atoms with van der Waals surface area (Å²) in [5.74, 6) is 1.85. The number of nitrogens with zero attached hydrogens (tertiary/aromatic N) is 6. The summed E-state index contributed by atoms with van der Waals surface area (Å²) in [5, 5.41) is 8.46. The highest BCUT2D eigenvalue weighted by Gasteiger charge is 2.48. The van der Waals surface area contributed by atoms with Crippen LogP contribution in [0.5, 0.6) is 0 Å². The molecule has 206 valence electrons. The molecule has 1 saturated heterocycles. The van der Waals surface area contributed by atoms with E-state index in [2.05, 4.69) is 28.9 Å². The number of alkyl halides is 3. The molecular weight excluding hydrogens is 505 g/mol. The van der Waals surface area contributed by atoms with E-state index in [4.69, 9.17) is 0 Å². The summed E-state index contributed by atoms with van der Waals surface area (Å²) in [5.41, 5.74) is 0.196. The average Bonchev–Trinajstić information content (AvgIpc) is 3.44. The zero-order chi connectivity index (χ0) is 27.5. The van der Waals surface area contributed by atoms with Crippen molar-refractivity contribution >= 4 is 5.52 Å². The lowest BCUT2D eigenvalue weighted by Crippen LogP contribution is -2.43. The van der Waals surface area contributed by atoms with Crippen molar-refractivity contribution in [3.63, 3.8) is 0 Å². The van der Waals surface area contributed by atoms with Crippen molar-refractivity contribution in [1.29, 1.82) is 0 Å². The average molecular weight is 539 g/mol. The molecule has 2 aliphatic rings.